The number of nitrogens with one attached hydrogen (secondary N) is 1. The van der Waals surface area contributed by atoms with Crippen molar-refractivity contribution in [3.05, 3.63) is 11.1 Å². The lowest BCUT2D eigenvalue weighted by Crippen LogP contribution is -2.24. The minimum Gasteiger partial charge on any atom is -0.465 e. The minimum atomic E-state index is -0.514. The number of nitrogens with zero attached hydrogens (tertiary/aromatic N) is 1. The van der Waals surface area contributed by atoms with Gasteiger partial charge in [-0.15, -0.1) is 0 Å². The van der Waals surface area contributed by atoms with E-state index in [-0.39, 0.29) is 5.57 Å². The van der Waals surface area contributed by atoms with E-state index in [1.807, 2.05) is 6.07 Å². The number of methoxy groups -OCH3 is 1. The Bertz CT molecular complexity index is 268. The lowest BCUT2D eigenvalue weighted by Gasteiger charge is -2.15. The maximum absolute atomic E-state index is 11.1. The second-order valence-corrected chi connectivity index (χ2v) is 2.83. The molecule has 0 saturated carbocycles. The van der Waals surface area contributed by atoms with Crippen LogP contribution < -0.4 is 5.32 Å². The van der Waals surface area contributed by atoms with E-state index in [0.29, 0.717) is 0 Å². The van der Waals surface area contributed by atoms with Crippen molar-refractivity contribution in [1.29, 1.82) is 5.26 Å². The van der Waals surface area contributed by atoms with Crippen molar-refractivity contribution in [3.8, 4) is 6.07 Å². The van der Waals surface area contributed by atoms with E-state index in [1.165, 1.54) is 7.11 Å². The third-order valence-corrected chi connectivity index (χ3v) is 2.06. The molecule has 13 heavy (non-hydrogen) atoms. The van der Waals surface area contributed by atoms with Crippen LogP contribution in [0.2, 0.25) is 0 Å². The number of piperidine rings is 1. The second kappa shape index (κ2) is 4.63. The number of esters is 1. The lowest BCUT2D eigenvalue weighted by molar-refractivity contribution is -0.135. The zero-order valence-electron chi connectivity index (χ0n) is 7.59. The van der Waals surface area contributed by atoms with Crippen LogP contribution in [0.4, 0.5) is 0 Å². The van der Waals surface area contributed by atoms with E-state index in [0.717, 1.165) is 31.5 Å². The molecule has 0 amide bonds. The predicted molar refractivity (Wildman–Crippen MR) is 46.8 cm³/mol. The average Bonchev–Trinajstić information content (AvgIpc) is 2.20. The molecule has 0 aliphatic carbocycles. The van der Waals surface area contributed by atoms with E-state index in [9.17, 15) is 4.79 Å². The van der Waals surface area contributed by atoms with Gasteiger partial charge in [0.25, 0.3) is 0 Å². The molecule has 0 atom stereocenters. The summed E-state index contributed by atoms with van der Waals surface area (Å²) in [6.07, 6.45) is 1.52. The predicted octanol–water partition coefficient (Wildman–Crippen LogP) is 0.363. The molecule has 0 unspecified atom stereocenters. The molecular weight excluding hydrogens is 168 g/mol. The fourth-order valence-corrected chi connectivity index (χ4v) is 1.35. The highest BCUT2D eigenvalue weighted by atomic mass is 16.5. The largest absolute Gasteiger partial charge is 0.465 e. The van der Waals surface area contributed by atoms with Crippen molar-refractivity contribution >= 4 is 5.97 Å². The van der Waals surface area contributed by atoms with E-state index >= 15 is 0 Å². The van der Waals surface area contributed by atoms with Gasteiger partial charge in [-0.1, -0.05) is 0 Å². The van der Waals surface area contributed by atoms with Crippen LogP contribution in [0.3, 0.4) is 0 Å². The van der Waals surface area contributed by atoms with Crippen LogP contribution in [0.5, 0.6) is 0 Å². The van der Waals surface area contributed by atoms with Crippen molar-refractivity contribution in [2.45, 2.75) is 12.8 Å². The number of carbonyl (C=O) groups is 1. The minimum absolute atomic E-state index is 0.184. The average molecular weight is 180 g/mol. The fraction of sp³-hybridized carbons (Fsp3) is 0.556. The van der Waals surface area contributed by atoms with Crippen LogP contribution in [0.15, 0.2) is 11.1 Å². The molecule has 1 aliphatic rings. The molecule has 1 N–H and O–H groups in total. The smallest absolute Gasteiger partial charge is 0.348 e. The lowest BCUT2D eigenvalue weighted by atomic mass is 10.00. The molecule has 0 aromatic carbocycles. The molecule has 1 fully saturated rings. The summed E-state index contributed by atoms with van der Waals surface area (Å²) in [6, 6.07) is 1.90. The monoisotopic (exact) mass is 180 g/mol. The van der Waals surface area contributed by atoms with Crippen molar-refractivity contribution in [3.63, 3.8) is 0 Å². The molecule has 0 radical (unpaired) electrons. The van der Waals surface area contributed by atoms with Crippen LogP contribution in [-0.4, -0.2) is 26.2 Å². The molecule has 4 heteroatoms. The van der Waals surface area contributed by atoms with Crippen LogP contribution >= 0.6 is 0 Å². The van der Waals surface area contributed by atoms with Gasteiger partial charge in [0.15, 0.2) is 0 Å². The molecule has 0 aromatic heterocycles. The van der Waals surface area contributed by atoms with E-state index in [1.54, 1.807) is 0 Å². The van der Waals surface area contributed by atoms with Crippen molar-refractivity contribution in [2.75, 3.05) is 20.2 Å². The first-order valence-electron chi connectivity index (χ1n) is 4.20. The summed E-state index contributed by atoms with van der Waals surface area (Å²) in [5.74, 6) is -0.514. The van der Waals surface area contributed by atoms with Crippen LogP contribution in [-0.2, 0) is 9.53 Å². The highest BCUT2D eigenvalue weighted by Crippen LogP contribution is 2.16. The first-order valence-corrected chi connectivity index (χ1v) is 4.20. The normalized spacial score (nSPS) is 16.2. The summed E-state index contributed by atoms with van der Waals surface area (Å²) in [6.45, 7) is 1.66. The number of rotatable bonds is 1. The Hall–Kier alpha value is -1.34. The summed E-state index contributed by atoms with van der Waals surface area (Å²) in [7, 11) is 1.29. The quantitative estimate of drug-likeness (QED) is 0.359. The Morgan fingerprint density at radius 3 is 2.62 bits per heavy atom. The molecule has 70 valence electrons. The molecule has 1 rings (SSSR count). The van der Waals surface area contributed by atoms with Crippen molar-refractivity contribution < 1.29 is 9.53 Å². The molecule has 1 aliphatic heterocycles. The van der Waals surface area contributed by atoms with Gasteiger partial charge in [0.2, 0.25) is 0 Å². The Balaban J connectivity index is 2.84. The number of ether oxygens (including phenoxy) is 1. The van der Waals surface area contributed by atoms with Crippen LogP contribution in [0, 0.1) is 11.3 Å². The number of hydrogen-bond acceptors (Lipinski definition) is 4. The zero-order chi connectivity index (χ0) is 9.68. The van der Waals surface area contributed by atoms with Gasteiger partial charge in [0.1, 0.15) is 11.6 Å². The highest BCUT2D eigenvalue weighted by molar-refractivity contribution is 5.93. The van der Waals surface area contributed by atoms with Gasteiger partial charge in [-0.2, -0.15) is 5.26 Å². The number of carbonyl (C=O) groups excluding carboxylic acids is 1. The van der Waals surface area contributed by atoms with Crippen LogP contribution in [0.25, 0.3) is 0 Å². The van der Waals surface area contributed by atoms with Gasteiger partial charge in [-0.05, 0) is 31.5 Å². The van der Waals surface area contributed by atoms with Crippen molar-refractivity contribution in [2.24, 2.45) is 0 Å². The first-order chi connectivity index (χ1) is 6.29. The second-order valence-electron chi connectivity index (χ2n) is 2.83. The summed E-state index contributed by atoms with van der Waals surface area (Å²) in [4.78, 5) is 11.1. The Kier molecular flexibility index (Phi) is 3.47. The highest BCUT2D eigenvalue weighted by Gasteiger charge is 2.17. The summed E-state index contributed by atoms with van der Waals surface area (Å²) >= 11 is 0. The number of hydrogen-bond donors (Lipinski definition) is 1. The van der Waals surface area contributed by atoms with E-state index in [4.69, 9.17) is 5.26 Å². The Morgan fingerprint density at radius 1 is 1.54 bits per heavy atom. The zero-order valence-corrected chi connectivity index (χ0v) is 7.59. The fourth-order valence-electron chi connectivity index (χ4n) is 1.35. The molecule has 1 saturated heterocycles. The standard InChI is InChI=1S/C9H12N2O2/c1-13-9(12)8(6-10)7-2-4-11-5-3-7/h11H,2-5H2,1H3. The van der Waals surface area contributed by atoms with E-state index < -0.39 is 5.97 Å². The molecule has 0 bridgehead atoms. The SMILES string of the molecule is COC(=O)C(C#N)=C1CCNCC1. The van der Waals surface area contributed by atoms with Gasteiger partial charge in [0.05, 0.1) is 7.11 Å². The first kappa shape index (κ1) is 9.75. The van der Waals surface area contributed by atoms with E-state index in [2.05, 4.69) is 10.1 Å². The van der Waals surface area contributed by atoms with Gasteiger partial charge < -0.3 is 10.1 Å². The Morgan fingerprint density at radius 2 is 2.15 bits per heavy atom. The van der Waals surface area contributed by atoms with Gasteiger partial charge in [-0.25, -0.2) is 4.79 Å². The third kappa shape index (κ3) is 2.30. The maximum atomic E-state index is 11.1. The topological polar surface area (TPSA) is 62.1 Å². The van der Waals surface area contributed by atoms with Crippen LogP contribution in [0.1, 0.15) is 12.8 Å². The Labute approximate surface area is 77.2 Å². The molecule has 0 aromatic rings. The third-order valence-electron chi connectivity index (χ3n) is 2.06. The van der Waals surface area contributed by atoms with Crippen molar-refractivity contribution in [1.82, 2.24) is 5.32 Å². The summed E-state index contributed by atoms with van der Waals surface area (Å²) in [5, 5.41) is 11.9. The summed E-state index contributed by atoms with van der Waals surface area (Å²) < 4.78 is 4.52. The van der Waals surface area contributed by atoms with Gasteiger partial charge in [0, 0.05) is 0 Å². The van der Waals surface area contributed by atoms with Gasteiger partial charge in [-0.3, -0.25) is 0 Å². The summed E-state index contributed by atoms with van der Waals surface area (Å²) in [5.41, 5.74) is 1.09. The molecule has 1 heterocycles. The molecular formula is C9H12N2O2. The maximum Gasteiger partial charge on any atom is 0.348 e. The number of nitriles is 1. The van der Waals surface area contributed by atoms with Gasteiger partial charge >= 0.3 is 5.97 Å². The molecule has 0 spiro atoms. The molecule has 4 nitrogen and oxygen atoms in total.